The highest BCUT2D eigenvalue weighted by molar-refractivity contribution is 7.91. The van der Waals surface area contributed by atoms with Crippen molar-refractivity contribution >= 4 is 43.6 Å². The van der Waals surface area contributed by atoms with Gasteiger partial charge in [0.2, 0.25) is 5.71 Å². The zero-order valence-corrected chi connectivity index (χ0v) is 23.6. The number of nitrogens with one attached hydrogen (secondary N) is 1. The van der Waals surface area contributed by atoms with Crippen LogP contribution in [0.25, 0.3) is 33.4 Å². The van der Waals surface area contributed by atoms with Crippen LogP contribution in [0.3, 0.4) is 0 Å². The first-order valence-corrected chi connectivity index (χ1v) is 15.0. The fraction of sp³-hybridized carbons (Fsp3) is 0.276. The number of ether oxygens (including phenoxy) is 1. The molecule has 0 unspecified atom stereocenters. The molecular weight excluding hydrogens is 544 g/mol. The van der Waals surface area contributed by atoms with E-state index >= 15 is 0 Å². The first-order valence-electron chi connectivity index (χ1n) is 13.1. The first kappa shape index (κ1) is 26.8. The molecule has 1 fully saturated rings. The molecule has 0 bridgehead atoms. The van der Waals surface area contributed by atoms with Crippen molar-refractivity contribution in [1.82, 2.24) is 25.3 Å². The SMILES string of the molecule is C[C@@H]1CN(c2cccc(-c3ccc4cnc(CNC(=O)c5cnc6occ(S(C)(=O)=O)c6c5)cc4n3)n2)C[C@H](C)O1. The Labute approximate surface area is 236 Å². The number of nitrogens with zero attached hydrogens (tertiary/aromatic N) is 5. The number of anilines is 1. The molecule has 12 heteroatoms. The van der Waals surface area contributed by atoms with Gasteiger partial charge in [-0.25, -0.2) is 23.4 Å². The number of aromatic nitrogens is 4. The summed E-state index contributed by atoms with van der Waals surface area (Å²) in [5.41, 5.74) is 3.19. The van der Waals surface area contributed by atoms with Crippen molar-refractivity contribution in [3.8, 4) is 11.4 Å². The quantitative estimate of drug-likeness (QED) is 0.320. The maximum Gasteiger partial charge on any atom is 0.253 e. The third-order valence-electron chi connectivity index (χ3n) is 6.86. The molecule has 6 heterocycles. The number of rotatable bonds is 6. The fourth-order valence-electron chi connectivity index (χ4n) is 4.98. The highest BCUT2D eigenvalue weighted by Crippen LogP contribution is 2.26. The van der Waals surface area contributed by atoms with Crippen LogP contribution in [0.2, 0.25) is 0 Å². The number of morpholine rings is 1. The van der Waals surface area contributed by atoms with Crippen LogP contribution < -0.4 is 10.2 Å². The Balaban J connectivity index is 1.20. The van der Waals surface area contributed by atoms with Gasteiger partial charge in [0.05, 0.1) is 52.3 Å². The summed E-state index contributed by atoms with van der Waals surface area (Å²) in [4.78, 5) is 33.3. The summed E-state index contributed by atoms with van der Waals surface area (Å²) in [5, 5.41) is 3.94. The number of furan rings is 1. The number of pyridine rings is 4. The molecule has 1 aliphatic heterocycles. The second kappa shape index (κ2) is 10.5. The van der Waals surface area contributed by atoms with Crippen molar-refractivity contribution in [2.24, 2.45) is 0 Å². The van der Waals surface area contributed by atoms with E-state index in [2.05, 4.69) is 34.0 Å². The summed E-state index contributed by atoms with van der Waals surface area (Å²) < 4.78 is 35.1. The van der Waals surface area contributed by atoms with Crippen LogP contribution in [0.1, 0.15) is 29.9 Å². The van der Waals surface area contributed by atoms with Crippen LogP contribution in [0.15, 0.2) is 70.4 Å². The van der Waals surface area contributed by atoms with Crippen molar-refractivity contribution in [1.29, 1.82) is 0 Å². The second-order valence-electron chi connectivity index (χ2n) is 10.2. The zero-order valence-electron chi connectivity index (χ0n) is 22.7. The van der Waals surface area contributed by atoms with E-state index in [0.29, 0.717) is 5.69 Å². The van der Waals surface area contributed by atoms with Crippen molar-refractivity contribution in [3.63, 3.8) is 0 Å². The monoisotopic (exact) mass is 572 g/mol. The van der Waals surface area contributed by atoms with Crippen molar-refractivity contribution in [2.45, 2.75) is 37.5 Å². The van der Waals surface area contributed by atoms with Crippen LogP contribution in [0, 0.1) is 0 Å². The number of hydrogen-bond acceptors (Lipinski definition) is 10. The average molecular weight is 573 g/mol. The van der Waals surface area contributed by atoms with Gasteiger partial charge in [-0.15, -0.1) is 0 Å². The van der Waals surface area contributed by atoms with Crippen molar-refractivity contribution < 1.29 is 22.4 Å². The lowest BCUT2D eigenvalue weighted by atomic mass is 10.1. The molecule has 0 aliphatic carbocycles. The molecule has 6 rings (SSSR count). The summed E-state index contributed by atoms with van der Waals surface area (Å²) >= 11 is 0. The molecule has 0 radical (unpaired) electrons. The predicted molar refractivity (Wildman–Crippen MR) is 153 cm³/mol. The van der Waals surface area contributed by atoms with E-state index in [1.165, 1.54) is 12.3 Å². The molecule has 5 aromatic heterocycles. The topological polar surface area (TPSA) is 140 Å². The number of hydrogen-bond donors (Lipinski definition) is 1. The average Bonchev–Trinajstić information content (AvgIpc) is 3.39. The number of sulfone groups is 1. The van der Waals surface area contributed by atoms with Crippen LogP contribution >= 0.6 is 0 Å². The van der Waals surface area contributed by atoms with E-state index in [-0.39, 0.29) is 40.3 Å². The summed E-state index contributed by atoms with van der Waals surface area (Å²) in [6.07, 6.45) is 5.52. The highest BCUT2D eigenvalue weighted by Gasteiger charge is 2.23. The van der Waals surface area contributed by atoms with E-state index < -0.39 is 15.7 Å². The van der Waals surface area contributed by atoms with Gasteiger partial charge in [-0.3, -0.25) is 9.78 Å². The third-order valence-corrected chi connectivity index (χ3v) is 7.97. The Morgan fingerprint density at radius 1 is 1.02 bits per heavy atom. The van der Waals surface area contributed by atoms with Gasteiger partial charge in [0.25, 0.3) is 5.91 Å². The molecule has 1 aliphatic rings. The van der Waals surface area contributed by atoms with Crippen LogP contribution in [0.5, 0.6) is 0 Å². The highest BCUT2D eigenvalue weighted by atomic mass is 32.2. The molecule has 5 aromatic rings. The van der Waals surface area contributed by atoms with Gasteiger partial charge in [-0.2, -0.15) is 0 Å². The minimum absolute atomic E-state index is 0.0122. The van der Waals surface area contributed by atoms with Crippen molar-refractivity contribution in [2.75, 3.05) is 24.2 Å². The lowest BCUT2D eigenvalue weighted by molar-refractivity contribution is -0.00545. The molecule has 1 N–H and O–H groups in total. The van der Waals surface area contributed by atoms with Crippen LogP contribution in [-0.2, 0) is 21.1 Å². The standard InChI is InChI=1S/C29H28N6O5S/c1-17-14-35(15-18(2)40-17)27-6-4-5-23(34-27)24-8-7-19-11-30-21(10-25(19)33-24)13-31-28(36)20-9-22-26(41(3,37)38)16-39-29(22)32-12-20/h4-12,16-18H,13-15H2,1-3H3,(H,31,36)/t17-,18+. The molecule has 2 atom stereocenters. The third kappa shape index (κ3) is 5.61. The largest absolute Gasteiger partial charge is 0.445 e. The number of carbonyl (C=O) groups is 1. The maximum absolute atomic E-state index is 12.9. The van der Waals surface area contributed by atoms with Gasteiger partial charge in [-0.1, -0.05) is 6.07 Å². The second-order valence-corrected chi connectivity index (χ2v) is 12.2. The first-order chi connectivity index (χ1) is 19.6. The van der Waals surface area contributed by atoms with Crippen molar-refractivity contribution in [3.05, 3.63) is 72.4 Å². The fourth-order valence-corrected chi connectivity index (χ4v) is 5.75. The molecule has 0 spiro atoms. The number of fused-ring (bicyclic) bond motifs is 2. The maximum atomic E-state index is 12.9. The normalized spacial score (nSPS) is 17.7. The zero-order chi connectivity index (χ0) is 28.7. The Morgan fingerprint density at radius 3 is 2.59 bits per heavy atom. The minimum atomic E-state index is -3.54. The smallest absolute Gasteiger partial charge is 0.253 e. The van der Waals surface area contributed by atoms with Gasteiger partial charge < -0.3 is 19.4 Å². The summed E-state index contributed by atoms with van der Waals surface area (Å²) in [5.74, 6) is 0.465. The summed E-state index contributed by atoms with van der Waals surface area (Å²) in [6.45, 7) is 5.82. The minimum Gasteiger partial charge on any atom is -0.445 e. The molecule has 1 saturated heterocycles. The molecule has 0 aromatic carbocycles. The number of carbonyl (C=O) groups excluding carboxylic acids is 1. The summed E-state index contributed by atoms with van der Waals surface area (Å²) in [7, 11) is -3.54. The molecule has 41 heavy (non-hydrogen) atoms. The molecule has 210 valence electrons. The van der Waals surface area contributed by atoms with E-state index in [1.807, 2.05) is 36.4 Å². The molecule has 0 saturated carbocycles. The molecule has 1 amide bonds. The van der Waals surface area contributed by atoms with E-state index in [0.717, 1.165) is 53.7 Å². The lowest BCUT2D eigenvalue weighted by Gasteiger charge is -2.36. The van der Waals surface area contributed by atoms with Gasteiger partial charge in [0.1, 0.15) is 17.0 Å². The van der Waals surface area contributed by atoms with E-state index in [4.69, 9.17) is 19.1 Å². The van der Waals surface area contributed by atoms with Gasteiger partial charge in [0, 0.05) is 37.1 Å². The van der Waals surface area contributed by atoms with E-state index in [1.54, 1.807) is 6.20 Å². The predicted octanol–water partition coefficient (Wildman–Crippen LogP) is 3.78. The Hall–Kier alpha value is -4.42. The van der Waals surface area contributed by atoms with Gasteiger partial charge >= 0.3 is 0 Å². The Kier molecular flexibility index (Phi) is 6.88. The summed E-state index contributed by atoms with van der Waals surface area (Å²) in [6, 6.07) is 13.1. The molecule has 11 nitrogen and oxygen atoms in total. The Morgan fingerprint density at radius 2 is 1.80 bits per heavy atom. The van der Waals surface area contributed by atoms with Gasteiger partial charge in [0.15, 0.2) is 9.84 Å². The van der Waals surface area contributed by atoms with E-state index in [9.17, 15) is 13.2 Å². The van der Waals surface area contributed by atoms with Gasteiger partial charge in [-0.05, 0) is 50.2 Å². The number of amides is 1. The Bertz CT molecular complexity index is 1880. The lowest BCUT2D eigenvalue weighted by Crippen LogP contribution is -2.45. The van der Waals surface area contributed by atoms with Crippen LogP contribution in [0.4, 0.5) is 5.82 Å². The molecular formula is C29H28N6O5S. The van der Waals surface area contributed by atoms with Crippen LogP contribution in [-0.4, -0.2) is 65.8 Å².